The Balaban J connectivity index is 2.81. The molecule has 0 aliphatic heterocycles. The molecule has 1 aromatic heterocycles. The summed E-state index contributed by atoms with van der Waals surface area (Å²) in [5.41, 5.74) is 0. The summed E-state index contributed by atoms with van der Waals surface area (Å²) in [7, 11) is 1.79. The summed E-state index contributed by atoms with van der Waals surface area (Å²) in [6, 6.07) is 0. The van der Waals surface area contributed by atoms with Crippen molar-refractivity contribution in [2.75, 3.05) is 30.5 Å². The summed E-state index contributed by atoms with van der Waals surface area (Å²) in [6.45, 7) is 2.98. The van der Waals surface area contributed by atoms with Crippen LogP contribution in [0.1, 0.15) is 13.3 Å². The lowest BCUT2D eigenvalue weighted by Gasteiger charge is -2.05. The van der Waals surface area contributed by atoms with Crippen molar-refractivity contribution in [3.63, 3.8) is 0 Å². The average Bonchev–Trinajstić information content (AvgIpc) is 2.25. The van der Waals surface area contributed by atoms with E-state index in [1.165, 1.54) is 11.8 Å². The average molecular weight is 213 g/mol. The molecule has 0 bridgehead atoms. The van der Waals surface area contributed by atoms with Crippen molar-refractivity contribution in [1.82, 2.24) is 15.0 Å². The molecule has 0 unspecified atom stereocenters. The number of nitrogens with one attached hydrogen (secondary N) is 2. The smallest absolute Gasteiger partial charge is 0.228 e. The second kappa shape index (κ2) is 5.64. The van der Waals surface area contributed by atoms with E-state index in [9.17, 15) is 0 Å². The minimum Gasteiger partial charge on any atom is -0.357 e. The minimum absolute atomic E-state index is 0.600. The van der Waals surface area contributed by atoms with Crippen LogP contribution in [0.25, 0.3) is 0 Å². The van der Waals surface area contributed by atoms with Gasteiger partial charge in [-0.25, -0.2) is 0 Å². The molecule has 0 aromatic carbocycles. The molecular formula is C8H15N5S. The molecule has 1 aromatic rings. The molecule has 14 heavy (non-hydrogen) atoms. The van der Waals surface area contributed by atoms with Crippen LogP contribution in [-0.2, 0) is 0 Å². The fraction of sp³-hybridized carbons (Fsp3) is 0.625. The normalized spacial score (nSPS) is 9.93. The summed E-state index contributed by atoms with van der Waals surface area (Å²) in [5.74, 6) is 1.23. The molecule has 6 heteroatoms. The first kappa shape index (κ1) is 11.0. The molecule has 0 spiro atoms. The van der Waals surface area contributed by atoms with E-state index in [4.69, 9.17) is 0 Å². The van der Waals surface area contributed by atoms with Gasteiger partial charge >= 0.3 is 0 Å². The number of nitrogens with zero attached hydrogens (tertiary/aromatic N) is 3. The molecule has 0 saturated heterocycles. The van der Waals surface area contributed by atoms with Gasteiger partial charge in [0.05, 0.1) is 0 Å². The minimum atomic E-state index is 0.600. The van der Waals surface area contributed by atoms with Gasteiger partial charge in [-0.3, -0.25) is 0 Å². The highest BCUT2D eigenvalue weighted by molar-refractivity contribution is 7.98. The highest BCUT2D eigenvalue weighted by Gasteiger charge is 2.03. The van der Waals surface area contributed by atoms with E-state index in [-0.39, 0.29) is 0 Å². The number of hydrogen-bond acceptors (Lipinski definition) is 6. The van der Waals surface area contributed by atoms with Crippen molar-refractivity contribution in [3.8, 4) is 0 Å². The summed E-state index contributed by atoms with van der Waals surface area (Å²) in [4.78, 5) is 12.6. The van der Waals surface area contributed by atoms with Crippen molar-refractivity contribution >= 4 is 23.7 Å². The molecule has 2 N–H and O–H groups in total. The van der Waals surface area contributed by atoms with Gasteiger partial charge in [-0.05, 0) is 12.7 Å². The first-order valence-corrected chi connectivity index (χ1v) is 5.74. The Bertz CT molecular complexity index is 269. The standard InChI is InChI=1S/C8H15N5S/c1-4-5-10-7-11-6(9-2)12-8(13-7)14-3/h4-5H2,1-3H3,(H2,9,10,11,12,13). The van der Waals surface area contributed by atoms with E-state index in [0.29, 0.717) is 11.9 Å². The van der Waals surface area contributed by atoms with Gasteiger partial charge in [0.25, 0.3) is 0 Å². The van der Waals surface area contributed by atoms with E-state index in [0.717, 1.165) is 18.1 Å². The SMILES string of the molecule is CCCNc1nc(NC)nc(SC)n1. The van der Waals surface area contributed by atoms with Crippen LogP contribution in [0.5, 0.6) is 0 Å². The van der Waals surface area contributed by atoms with Gasteiger partial charge in [0, 0.05) is 13.6 Å². The fourth-order valence-electron chi connectivity index (χ4n) is 0.875. The highest BCUT2D eigenvalue weighted by atomic mass is 32.2. The van der Waals surface area contributed by atoms with Gasteiger partial charge in [-0.15, -0.1) is 0 Å². The monoisotopic (exact) mass is 213 g/mol. The van der Waals surface area contributed by atoms with Crippen LogP contribution in [-0.4, -0.2) is 34.8 Å². The molecule has 1 rings (SSSR count). The van der Waals surface area contributed by atoms with Crippen molar-refractivity contribution < 1.29 is 0 Å². The lowest BCUT2D eigenvalue weighted by molar-refractivity contribution is 0.883. The topological polar surface area (TPSA) is 62.7 Å². The van der Waals surface area contributed by atoms with E-state index < -0.39 is 0 Å². The van der Waals surface area contributed by atoms with Gasteiger partial charge in [0.1, 0.15) is 0 Å². The van der Waals surface area contributed by atoms with Gasteiger partial charge in [0.15, 0.2) is 5.16 Å². The Morgan fingerprint density at radius 3 is 2.50 bits per heavy atom. The maximum atomic E-state index is 4.23. The lowest BCUT2D eigenvalue weighted by Crippen LogP contribution is -2.08. The van der Waals surface area contributed by atoms with E-state index >= 15 is 0 Å². The van der Waals surface area contributed by atoms with E-state index in [1.54, 1.807) is 7.05 Å². The van der Waals surface area contributed by atoms with Crippen LogP contribution < -0.4 is 10.6 Å². The zero-order valence-corrected chi connectivity index (χ0v) is 9.48. The predicted molar refractivity (Wildman–Crippen MR) is 59.9 cm³/mol. The zero-order valence-electron chi connectivity index (χ0n) is 8.66. The third kappa shape index (κ3) is 3.02. The second-order valence-corrected chi connectivity index (χ2v) is 3.42. The fourth-order valence-corrected chi connectivity index (χ4v) is 1.23. The van der Waals surface area contributed by atoms with Crippen LogP contribution in [0.2, 0.25) is 0 Å². The predicted octanol–water partition coefficient (Wildman–Crippen LogP) is 1.46. The molecule has 0 aliphatic carbocycles. The van der Waals surface area contributed by atoms with Gasteiger partial charge < -0.3 is 10.6 Å². The largest absolute Gasteiger partial charge is 0.357 e. The highest BCUT2D eigenvalue weighted by Crippen LogP contribution is 2.12. The maximum Gasteiger partial charge on any atom is 0.228 e. The summed E-state index contributed by atoms with van der Waals surface area (Å²) >= 11 is 1.50. The first-order chi connectivity index (χ1) is 6.80. The van der Waals surface area contributed by atoms with Crippen LogP contribution >= 0.6 is 11.8 Å². The van der Waals surface area contributed by atoms with Gasteiger partial charge in [-0.2, -0.15) is 15.0 Å². The van der Waals surface area contributed by atoms with Crippen molar-refractivity contribution in [2.24, 2.45) is 0 Å². The molecule has 78 valence electrons. The lowest BCUT2D eigenvalue weighted by atomic mass is 10.5. The molecule has 0 radical (unpaired) electrons. The number of hydrogen-bond donors (Lipinski definition) is 2. The van der Waals surface area contributed by atoms with Gasteiger partial charge in [-0.1, -0.05) is 18.7 Å². The van der Waals surface area contributed by atoms with Gasteiger partial charge in [0.2, 0.25) is 11.9 Å². The van der Waals surface area contributed by atoms with Crippen LogP contribution in [0.3, 0.4) is 0 Å². The van der Waals surface area contributed by atoms with Crippen molar-refractivity contribution in [3.05, 3.63) is 0 Å². The summed E-state index contributed by atoms with van der Waals surface area (Å²) in [5, 5.41) is 6.76. The van der Waals surface area contributed by atoms with E-state index in [1.807, 2.05) is 6.26 Å². The maximum absolute atomic E-state index is 4.23. The Labute approximate surface area is 88.1 Å². The molecule has 0 aliphatic rings. The Morgan fingerprint density at radius 1 is 1.21 bits per heavy atom. The van der Waals surface area contributed by atoms with Crippen LogP contribution in [0, 0.1) is 0 Å². The van der Waals surface area contributed by atoms with Crippen molar-refractivity contribution in [1.29, 1.82) is 0 Å². The Morgan fingerprint density at radius 2 is 1.93 bits per heavy atom. The molecular weight excluding hydrogens is 198 g/mol. The summed E-state index contributed by atoms with van der Waals surface area (Å²) in [6.07, 6.45) is 2.99. The third-order valence-electron chi connectivity index (χ3n) is 1.55. The quantitative estimate of drug-likeness (QED) is 0.722. The molecule has 0 saturated carbocycles. The summed E-state index contributed by atoms with van der Waals surface area (Å²) < 4.78 is 0. The number of aromatic nitrogens is 3. The molecule has 0 amide bonds. The first-order valence-electron chi connectivity index (χ1n) is 4.51. The third-order valence-corrected chi connectivity index (χ3v) is 2.10. The number of rotatable bonds is 5. The zero-order chi connectivity index (χ0) is 10.4. The molecule has 0 atom stereocenters. The van der Waals surface area contributed by atoms with Crippen LogP contribution in [0.15, 0.2) is 5.16 Å². The Kier molecular flexibility index (Phi) is 4.45. The molecule has 5 nitrogen and oxygen atoms in total. The molecule has 1 heterocycles. The van der Waals surface area contributed by atoms with Crippen LogP contribution in [0.4, 0.5) is 11.9 Å². The van der Waals surface area contributed by atoms with E-state index in [2.05, 4.69) is 32.5 Å². The second-order valence-electron chi connectivity index (χ2n) is 2.65. The van der Waals surface area contributed by atoms with Crippen molar-refractivity contribution in [2.45, 2.75) is 18.5 Å². The number of thioether (sulfide) groups is 1. The Hall–Kier alpha value is -1.04. The molecule has 0 fully saturated rings. The number of anilines is 2.